The van der Waals surface area contributed by atoms with Crippen molar-refractivity contribution in [3.63, 3.8) is 0 Å². The van der Waals surface area contributed by atoms with Crippen LogP contribution in [0.5, 0.6) is 11.5 Å². The summed E-state index contributed by atoms with van der Waals surface area (Å²) in [5.74, 6) is 1.31. The Hall–Kier alpha value is -1.74. The van der Waals surface area contributed by atoms with Crippen LogP contribution in [0.1, 0.15) is 0 Å². The first-order valence-corrected chi connectivity index (χ1v) is 4.76. The first kappa shape index (κ1) is 9.80. The van der Waals surface area contributed by atoms with Crippen molar-refractivity contribution in [1.29, 1.82) is 0 Å². The van der Waals surface area contributed by atoms with E-state index in [1.165, 1.54) is 0 Å². The number of benzene rings is 1. The summed E-state index contributed by atoms with van der Waals surface area (Å²) in [6.07, 6.45) is 3.17. The molecule has 0 saturated carbocycles. The van der Waals surface area contributed by atoms with Gasteiger partial charge in [0.2, 0.25) is 0 Å². The van der Waals surface area contributed by atoms with Crippen LogP contribution in [-0.2, 0) is 0 Å². The zero-order chi connectivity index (χ0) is 10.7. The Morgan fingerprint density at radius 1 is 1.07 bits per heavy atom. The van der Waals surface area contributed by atoms with Gasteiger partial charge in [0.25, 0.3) is 0 Å². The lowest BCUT2D eigenvalue weighted by Crippen LogP contribution is -1.89. The lowest BCUT2D eigenvalue weighted by Gasteiger charge is -2.05. The van der Waals surface area contributed by atoms with Gasteiger partial charge in [-0.2, -0.15) is 0 Å². The normalized spacial score (nSPS) is 9.93. The van der Waals surface area contributed by atoms with Crippen molar-refractivity contribution in [2.45, 2.75) is 0 Å². The summed E-state index contributed by atoms with van der Waals surface area (Å²) in [6.45, 7) is 0. The predicted molar refractivity (Wildman–Crippen MR) is 60.2 cm³/mol. The first-order chi connectivity index (χ1) is 7.24. The number of aromatic nitrogens is 1. The van der Waals surface area contributed by atoms with Crippen molar-refractivity contribution in [2.75, 3.05) is 5.73 Å². The van der Waals surface area contributed by atoms with Crippen LogP contribution in [0.3, 0.4) is 0 Å². The summed E-state index contributed by atoms with van der Waals surface area (Å²) in [6, 6.07) is 8.80. The highest BCUT2D eigenvalue weighted by Crippen LogP contribution is 2.23. The summed E-state index contributed by atoms with van der Waals surface area (Å²) < 4.78 is 5.51. The lowest BCUT2D eigenvalue weighted by atomic mass is 10.3. The quantitative estimate of drug-likeness (QED) is 0.846. The van der Waals surface area contributed by atoms with E-state index in [1.807, 2.05) is 0 Å². The summed E-state index contributed by atoms with van der Waals surface area (Å²) in [7, 11) is 0. The third-order valence-corrected chi connectivity index (χ3v) is 2.04. The number of halogens is 1. The SMILES string of the molecule is Nc1cncc(Oc2ccc(Cl)cc2)c1. The molecule has 0 aliphatic heterocycles. The van der Waals surface area contributed by atoms with Gasteiger partial charge in [-0.15, -0.1) is 0 Å². The molecule has 0 saturated heterocycles. The summed E-state index contributed by atoms with van der Waals surface area (Å²) >= 11 is 5.75. The Labute approximate surface area is 92.5 Å². The predicted octanol–water partition coefficient (Wildman–Crippen LogP) is 3.11. The Balaban J connectivity index is 2.18. The molecule has 15 heavy (non-hydrogen) atoms. The number of nitrogens with zero attached hydrogens (tertiary/aromatic N) is 1. The number of rotatable bonds is 2. The number of hydrogen-bond donors (Lipinski definition) is 1. The maximum absolute atomic E-state index is 5.75. The molecule has 3 nitrogen and oxygen atoms in total. The number of anilines is 1. The number of pyridine rings is 1. The molecule has 0 fully saturated rings. The van der Waals surface area contributed by atoms with E-state index >= 15 is 0 Å². The van der Waals surface area contributed by atoms with E-state index in [4.69, 9.17) is 22.1 Å². The van der Waals surface area contributed by atoms with E-state index in [0.717, 1.165) is 0 Å². The first-order valence-electron chi connectivity index (χ1n) is 4.38. The van der Waals surface area contributed by atoms with Crippen LogP contribution in [0.4, 0.5) is 5.69 Å². The highest BCUT2D eigenvalue weighted by molar-refractivity contribution is 6.30. The van der Waals surface area contributed by atoms with Crippen molar-refractivity contribution >= 4 is 17.3 Å². The van der Waals surface area contributed by atoms with Gasteiger partial charge in [-0.25, -0.2) is 0 Å². The van der Waals surface area contributed by atoms with Crippen LogP contribution < -0.4 is 10.5 Å². The third kappa shape index (κ3) is 2.60. The molecule has 0 aliphatic rings. The van der Waals surface area contributed by atoms with Gasteiger partial charge in [0, 0.05) is 11.1 Å². The second-order valence-electron chi connectivity index (χ2n) is 3.01. The number of nitrogen functional groups attached to an aromatic ring is 1. The maximum atomic E-state index is 5.75. The molecule has 76 valence electrons. The smallest absolute Gasteiger partial charge is 0.147 e. The Kier molecular flexibility index (Phi) is 2.74. The third-order valence-electron chi connectivity index (χ3n) is 1.78. The van der Waals surface area contributed by atoms with Crippen LogP contribution in [-0.4, -0.2) is 4.98 Å². The Morgan fingerprint density at radius 3 is 2.47 bits per heavy atom. The van der Waals surface area contributed by atoms with E-state index < -0.39 is 0 Å². The minimum absolute atomic E-state index is 0.571. The molecule has 2 N–H and O–H groups in total. The van der Waals surface area contributed by atoms with Gasteiger partial charge in [0.1, 0.15) is 11.5 Å². The summed E-state index contributed by atoms with van der Waals surface area (Å²) in [5.41, 5.74) is 6.14. The van der Waals surface area contributed by atoms with Gasteiger partial charge >= 0.3 is 0 Å². The molecule has 0 amide bonds. The van der Waals surface area contributed by atoms with Crippen LogP contribution in [0, 0.1) is 0 Å². The minimum atomic E-state index is 0.571. The summed E-state index contributed by atoms with van der Waals surface area (Å²) in [5, 5.41) is 0.674. The highest BCUT2D eigenvalue weighted by atomic mass is 35.5. The van der Waals surface area contributed by atoms with Crippen LogP contribution in [0.25, 0.3) is 0 Å². The largest absolute Gasteiger partial charge is 0.456 e. The highest BCUT2D eigenvalue weighted by Gasteiger charge is 1.97. The molecule has 0 atom stereocenters. The second kappa shape index (κ2) is 4.19. The Bertz CT molecular complexity index is 456. The number of hydrogen-bond acceptors (Lipinski definition) is 3. The van der Waals surface area contributed by atoms with Crippen molar-refractivity contribution in [1.82, 2.24) is 4.98 Å². The van der Waals surface area contributed by atoms with Gasteiger partial charge < -0.3 is 10.5 Å². The van der Waals surface area contributed by atoms with Gasteiger partial charge in [-0.05, 0) is 24.3 Å². The number of ether oxygens (including phenoxy) is 1. The van der Waals surface area contributed by atoms with Crippen molar-refractivity contribution in [3.05, 3.63) is 47.7 Å². The monoisotopic (exact) mass is 220 g/mol. The van der Waals surface area contributed by atoms with E-state index in [0.29, 0.717) is 22.2 Å². The molecule has 1 heterocycles. The molecule has 1 aromatic heterocycles. The van der Waals surface area contributed by atoms with Gasteiger partial charge in [0.15, 0.2) is 0 Å². The summed E-state index contributed by atoms with van der Waals surface area (Å²) in [4.78, 5) is 3.92. The molecule has 0 unspecified atom stereocenters. The molecule has 0 bridgehead atoms. The molecule has 0 aliphatic carbocycles. The maximum Gasteiger partial charge on any atom is 0.147 e. The number of nitrogens with two attached hydrogens (primary N) is 1. The second-order valence-corrected chi connectivity index (χ2v) is 3.45. The van der Waals surface area contributed by atoms with Crippen LogP contribution >= 0.6 is 11.6 Å². The molecule has 1 aromatic carbocycles. The average molecular weight is 221 g/mol. The lowest BCUT2D eigenvalue weighted by molar-refractivity contribution is 0.480. The molecule has 4 heteroatoms. The van der Waals surface area contributed by atoms with Crippen LogP contribution in [0.15, 0.2) is 42.7 Å². The van der Waals surface area contributed by atoms with Crippen LogP contribution in [0.2, 0.25) is 5.02 Å². The molecule has 0 spiro atoms. The van der Waals surface area contributed by atoms with E-state index in [2.05, 4.69) is 4.98 Å². The molecule has 2 aromatic rings. The molecular weight excluding hydrogens is 212 g/mol. The van der Waals surface area contributed by atoms with E-state index in [-0.39, 0.29) is 0 Å². The van der Waals surface area contributed by atoms with Gasteiger partial charge in [-0.1, -0.05) is 11.6 Å². The zero-order valence-electron chi connectivity index (χ0n) is 7.85. The van der Waals surface area contributed by atoms with Gasteiger partial charge in [0.05, 0.1) is 18.1 Å². The molecule has 2 rings (SSSR count). The Morgan fingerprint density at radius 2 is 1.80 bits per heavy atom. The van der Waals surface area contributed by atoms with Crippen molar-refractivity contribution < 1.29 is 4.74 Å². The van der Waals surface area contributed by atoms with E-state index in [1.54, 1.807) is 42.7 Å². The fourth-order valence-corrected chi connectivity index (χ4v) is 1.26. The molecular formula is C11H9ClN2O. The van der Waals surface area contributed by atoms with Gasteiger partial charge in [-0.3, -0.25) is 4.98 Å². The fourth-order valence-electron chi connectivity index (χ4n) is 1.13. The van der Waals surface area contributed by atoms with E-state index in [9.17, 15) is 0 Å². The average Bonchev–Trinajstić information content (AvgIpc) is 2.22. The van der Waals surface area contributed by atoms with Crippen molar-refractivity contribution in [3.8, 4) is 11.5 Å². The topological polar surface area (TPSA) is 48.1 Å². The van der Waals surface area contributed by atoms with Crippen molar-refractivity contribution in [2.24, 2.45) is 0 Å². The minimum Gasteiger partial charge on any atom is -0.456 e. The standard InChI is InChI=1S/C11H9ClN2O/c12-8-1-3-10(4-2-8)15-11-5-9(13)6-14-7-11/h1-7H,13H2. The zero-order valence-corrected chi connectivity index (χ0v) is 8.61. The molecule has 0 radical (unpaired) electrons. The fraction of sp³-hybridized carbons (Fsp3) is 0.